The van der Waals surface area contributed by atoms with Crippen molar-refractivity contribution >= 4 is 21.7 Å². The third-order valence-corrected chi connectivity index (χ3v) is 4.67. The van der Waals surface area contributed by atoms with Gasteiger partial charge in [-0.2, -0.15) is 0 Å². The molecule has 4 heteroatoms. The maximum absolute atomic E-state index is 12.3. The van der Waals surface area contributed by atoms with Gasteiger partial charge in [-0.1, -0.05) is 13.8 Å². The topological polar surface area (TPSA) is 29.5 Å². The van der Waals surface area contributed by atoms with E-state index in [1.807, 2.05) is 18.2 Å². The summed E-state index contributed by atoms with van der Waals surface area (Å²) in [5.41, 5.74) is 1.16. The van der Waals surface area contributed by atoms with E-state index in [1.54, 1.807) is 7.11 Å². The number of benzene rings is 1. The Kier molecular flexibility index (Phi) is 4.86. The molecule has 1 saturated heterocycles. The van der Waals surface area contributed by atoms with Crippen LogP contribution in [0.4, 0.5) is 0 Å². The first-order chi connectivity index (χ1) is 9.41. The molecular formula is C16H22BrNO2. The molecule has 0 aromatic heterocycles. The van der Waals surface area contributed by atoms with Crippen molar-refractivity contribution in [2.24, 2.45) is 5.41 Å². The number of hydrogen-bond donors (Lipinski definition) is 0. The highest BCUT2D eigenvalue weighted by Crippen LogP contribution is 2.30. The molecule has 2 rings (SSSR count). The number of halogens is 1. The van der Waals surface area contributed by atoms with Gasteiger partial charge >= 0.3 is 0 Å². The number of methoxy groups -OCH3 is 1. The van der Waals surface area contributed by atoms with E-state index in [4.69, 9.17) is 4.74 Å². The lowest BCUT2D eigenvalue weighted by Gasteiger charge is -2.36. The molecule has 3 nitrogen and oxygen atoms in total. The highest BCUT2D eigenvalue weighted by Gasteiger charge is 2.26. The number of carbonyl (C=O) groups is 1. The number of Topliss-reactive ketones (excluding diaryl/α,β-unsaturated/α-hetero) is 1. The van der Waals surface area contributed by atoms with E-state index < -0.39 is 0 Å². The lowest BCUT2D eigenvalue weighted by atomic mass is 9.82. The number of ketones is 1. The third-order valence-electron chi connectivity index (χ3n) is 4.05. The van der Waals surface area contributed by atoms with Gasteiger partial charge in [-0.15, -0.1) is 0 Å². The Bertz CT molecular complexity index is 489. The van der Waals surface area contributed by atoms with Crippen LogP contribution in [0.25, 0.3) is 0 Å². The summed E-state index contributed by atoms with van der Waals surface area (Å²) in [7, 11) is 1.62. The molecule has 1 heterocycles. The van der Waals surface area contributed by atoms with Crippen molar-refractivity contribution in [2.45, 2.75) is 26.7 Å². The van der Waals surface area contributed by atoms with Crippen molar-refractivity contribution < 1.29 is 9.53 Å². The normalized spacial score (nSPS) is 18.8. The van der Waals surface area contributed by atoms with E-state index in [1.165, 1.54) is 0 Å². The van der Waals surface area contributed by atoms with E-state index in [9.17, 15) is 4.79 Å². The van der Waals surface area contributed by atoms with Crippen LogP contribution in [0.2, 0.25) is 0 Å². The molecule has 0 amide bonds. The number of hydrogen-bond acceptors (Lipinski definition) is 3. The zero-order valence-electron chi connectivity index (χ0n) is 12.4. The fourth-order valence-electron chi connectivity index (χ4n) is 2.45. The van der Waals surface area contributed by atoms with Crippen LogP contribution in [0.15, 0.2) is 22.7 Å². The van der Waals surface area contributed by atoms with Gasteiger partial charge in [0, 0.05) is 5.56 Å². The van der Waals surface area contributed by atoms with Crippen LogP contribution in [0.5, 0.6) is 5.75 Å². The van der Waals surface area contributed by atoms with Crippen LogP contribution in [-0.4, -0.2) is 37.4 Å². The van der Waals surface area contributed by atoms with E-state index in [0.717, 1.165) is 41.7 Å². The Hall–Kier alpha value is -0.870. The average molecular weight is 340 g/mol. The SMILES string of the molecule is COc1ccc(C(=O)CN2CCC(C)(C)CC2)cc1Br. The van der Waals surface area contributed by atoms with Gasteiger partial charge in [-0.05, 0) is 65.5 Å². The van der Waals surface area contributed by atoms with Gasteiger partial charge in [0.2, 0.25) is 0 Å². The monoisotopic (exact) mass is 339 g/mol. The van der Waals surface area contributed by atoms with Crippen LogP contribution in [0, 0.1) is 5.41 Å². The largest absolute Gasteiger partial charge is 0.496 e. The van der Waals surface area contributed by atoms with Crippen molar-refractivity contribution in [3.05, 3.63) is 28.2 Å². The Balaban J connectivity index is 1.97. The van der Waals surface area contributed by atoms with Gasteiger partial charge in [-0.25, -0.2) is 0 Å². The molecule has 0 saturated carbocycles. The molecule has 0 N–H and O–H groups in total. The Morgan fingerprint density at radius 2 is 2.00 bits per heavy atom. The molecule has 1 aliphatic heterocycles. The second-order valence-corrected chi connectivity index (χ2v) is 7.07. The summed E-state index contributed by atoms with van der Waals surface area (Å²) < 4.78 is 6.01. The van der Waals surface area contributed by atoms with E-state index in [0.29, 0.717) is 12.0 Å². The zero-order valence-corrected chi connectivity index (χ0v) is 14.0. The Morgan fingerprint density at radius 1 is 1.35 bits per heavy atom. The van der Waals surface area contributed by atoms with Gasteiger partial charge < -0.3 is 4.74 Å². The highest BCUT2D eigenvalue weighted by atomic mass is 79.9. The molecule has 0 atom stereocenters. The first-order valence-electron chi connectivity index (χ1n) is 7.00. The summed E-state index contributed by atoms with van der Waals surface area (Å²) in [5.74, 6) is 0.925. The quantitative estimate of drug-likeness (QED) is 0.782. The van der Waals surface area contributed by atoms with Gasteiger partial charge in [-0.3, -0.25) is 9.69 Å². The van der Waals surface area contributed by atoms with Crippen LogP contribution < -0.4 is 4.74 Å². The summed E-state index contributed by atoms with van der Waals surface area (Å²) >= 11 is 3.42. The third kappa shape index (κ3) is 3.83. The van der Waals surface area contributed by atoms with Crippen LogP contribution in [0.1, 0.15) is 37.0 Å². The van der Waals surface area contributed by atoms with Crippen molar-refractivity contribution in [1.29, 1.82) is 0 Å². The molecule has 0 spiro atoms. The predicted octanol–water partition coefficient (Wildman–Crippen LogP) is 3.76. The molecular weight excluding hydrogens is 318 g/mol. The highest BCUT2D eigenvalue weighted by molar-refractivity contribution is 9.10. The molecule has 0 bridgehead atoms. The minimum absolute atomic E-state index is 0.174. The van der Waals surface area contributed by atoms with Crippen LogP contribution in [0.3, 0.4) is 0 Å². The summed E-state index contributed by atoms with van der Waals surface area (Å²) in [6.07, 6.45) is 2.32. The smallest absolute Gasteiger partial charge is 0.176 e. The summed E-state index contributed by atoms with van der Waals surface area (Å²) in [6, 6.07) is 5.51. The van der Waals surface area contributed by atoms with Crippen LogP contribution >= 0.6 is 15.9 Å². The maximum atomic E-state index is 12.3. The lowest BCUT2D eigenvalue weighted by molar-refractivity contribution is 0.0845. The number of likely N-dealkylation sites (tertiary alicyclic amines) is 1. The molecule has 0 aliphatic carbocycles. The first kappa shape index (κ1) is 15.5. The van der Waals surface area contributed by atoms with Crippen molar-refractivity contribution in [3.8, 4) is 5.75 Å². The standard InChI is InChI=1S/C16H22BrNO2/c1-16(2)6-8-18(9-7-16)11-14(19)12-4-5-15(20-3)13(17)10-12/h4-5,10H,6-9,11H2,1-3H3. The van der Waals surface area contributed by atoms with E-state index >= 15 is 0 Å². The summed E-state index contributed by atoms with van der Waals surface area (Å²) in [5, 5.41) is 0. The van der Waals surface area contributed by atoms with Gasteiger partial charge in [0.05, 0.1) is 18.1 Å². The number of piperidine rings is 1. The minimum Gasteiger partial charge on any atom is -0.496 e. The second-order valence-electron chi connectivity index (χ2n) is 6.21. The van der Waals surface area contributed by atoms with Gasteiger partial charge in [0.25, 0.3) is 0 Å². The molecule has 0 radical (unpaired) electrons. The number of carbonyl (C=O) groups excluding carboxylic acids is 1. The fourth-order valence-corrected chi connectivity index (χ4v) is 2.99. The van der Waals surface area contributed by atoms with Crippen LogP contribution in [-0.2, 0) is 0 Å². The average Bonchev–Trinajstić information content (AvgIpc) is 2.41. The number of nitrogens with zero attached hydrogens (tertiary/aromatic N) is 1. The maximum Gasteiger partial charge on any atom is 0.176 e. The Morgan fingerprint density at radius 3 is 2.55 bits per heavy atom. The minimum atomic E-state index is 0.174. The molecule has 1 aliphatic rings. The Labute approximate surface area is 129 Å². The first-order valence-corrected chi connectivity index (χ1v) is 7.80. The van der Waals surface area contributed by atoms with Gasteiger partial charge in [0.15, 0.2) is 5.78 Å². The molecule has 110 valence electrons. The molecule has 20 heavy (non-hydrogen) atoms. The fraction of sp³-hybridized carbons (Fsp3) is 0.562. The van der Waals surface area contributed by atoms with Gasteiger partial charge in [0.1, 0.15) is 5.75 Å². The van der Waals surface area contributed by atoms with Crippen molar-refractivity contribution in [2.75, 3.05) is 26.7 Å². The van der Waals surface area contributed by atoms with E-state index in [-0.39, 0.29) is 5.78 Å². The summed E-state index contributed by atoms with van der Waals surface area (Å²) in [6.45, 7) is 7.13. The number of rotatable bonds is 4. The zero-order chi connectivity index (χ0) is 14.8. The molecule has 0 unspecified atom stereocenters. The predicted molar refractivity (Wildman–Crippen MR) is 84.5 cm³/mol. The summed E-state index contributed by atoms with van der Waals surface area (Å²) in [4.78, 5) is 14.6. The second kappa shape index (κ2) is 6.27. The van der Waals surface area contributed by atoms with Crippen molar-refractivity contribution in [1.82, 2.24) is 4.90 Å². The van der Waals surface area contributed by atoms with E-state index in [2.05, 4.69) is 34.7 Å². The molecule has 1 fully saturated rings. The lowest BCUT2D eigenvalue weighted by Crippen LogP contribution is -2.40. The van der Waals surface area contributed by atoms with Crippen molar-refractivity contribution in [3.63, 3.8) is 0 Å². The molecule has 1 aromatic carbocycles. The molecule has 1 aromatic rings. The number of ether oxygens (including phenoxy) is 1.